The van der Waals surface area contributed by atoms with Crippen LogP contribution in [-0.2, 0) is 5.41 Å². The Morgan fingerprint density at radius 1 is 0.491 bits per heavy atom. The van der Waals surface area contributed by atoms with Gasteiger partial charge in [-0.1, -0.05) is 121 Å². The number of hydrogen-bond acceptors (Lipinski definition) is 2. The van der Waals surface area contributed by atoms with Gasteiger partial charge in [0.1, 0.15) is 0 Å². The molecule has 0 fully saturated rings. The zero-order valence-corrected chi connectivity index (χ0v) is 29.4. The molecular formula is C50H30N2S. The summed E-state index contributed by atoms with van der Waals surface area (Å²) in [6.45, 7) is 0. The van der Waals surface area contributed by atoms with Crippen LogP contribution in [0, 0.1) is 0 Å². The summed E-state index contributed by atoms with van der Waals surface area (Å²) in [6, 6.07) is 58.7. The zero-order chi connectivity index (χ0) is 34.7. The van der Waals surface area contributed by atoms with E-state index >= 15 is 0 Å². The van der Waals surface area contributed by atoms with Crippen LogP contribution in [-0.4, -0.2) is 9.55 Å². The van der Waals surface area contributed by atoms with Crippen LogP contribution >= 0.6 is 11.3 Å². The molecule has 7 aromatic carbocycles. The van der Waals surface area contributed by atoms with Gasteiger partial charge in [0.25, 0.3) is 0 Å². The Bertz CT molecular complexity index is 3180. The second-order valence-corrected chi connectivity index (χ2v) is 15.4. The normalized spacial score (nSPS) is 15.5. The van der Waals surface area contributed by atoms with Crippen molar-refractivity contribution in [3.63, 3.8) is 0 Å². The molecule has 12 rings (SSSR count). The van der Waals surface area contributed by atoms with Gasteiger partial charge in [-0.05, 0) is 104 Å². The summed E-state index contributed by atoms with van der Waals surface area (Å²) in [4.78, 5) is 4.57. The lowest BCUT2D eigenvalue weighted by atomic mass is 9.65. The van der Waals surface area contributed by atoms with Crippen LogP contribution in [0.25, 0.3) is 82.1 Å². The van der Waals surface area contributed by atoms with Crippen LogP contribution < -0.4 is 0 Å². The highest BCUT2D eigenvalue weighted by atomic mass is 32.1. The van der Waals surface area contributed by atoms with E-state index in [4.69, 9.17) is 0 Å². The molecule has 2 nitrogen and oxygen atoms in total. The van der Waals surface area contributed by atoms with Crippen LogP contribution in [0.2, 0.25) is 0 Å². The van der Waals surface area contributed by atoms with Crippen LogP contribution in [0.15, 0.2) is 170 Å². The van der Waals surface area contributed by atoms with E-state index in [9.17, 15) is 0 Å². The first kappa shape index (κ1) is 29.1. The first-order chi connectivity index (χ1) is 26.3. The summed E-state index contributed by atoms with van der Waals surface area (Å²) in [5.74, 6) is 0. The number of para-hydroxylation sites is 1. The summed E-state index contributed by atoms with van der Waals surface area (Å²) in [5.41, 5.74) is 15.9. The van der Waals surface area contributed by atoms with E-state index in [-0.39, 0.29) is 0 Å². The van der Waals surface area contributed by atoms with Crippen LogP contribution in [0.3, 0.4) is 0 Å². The molecule has 53 heavy (non-hydrogen) atoms. The summed E-state index contributed by atoms with van der Waals surface area (Å²) in [7, 11) is 0. The topological polar surface area (TPSA) is 17.8 Å². The molecule has 1 atom stereocenters. The highest BCUT2D eigenvalue weighted by Gasteiger charge is 2.49. The molecule has 3 heteroatoms. The minimum atomic E-state index is -0.508. The molecule has 10 aromatic rings. The maximum absolute atomic E-state index is 4.57. The van der Waals surface area contributed by atoms with Crippen molar-refractivity contribution in [2.24, 2.45) is 0 Å². The monoisotopic (exact) mass is 690 g/mol. The lowest BCUT2D eigenvalue weighted by Gasteiger charge is -2.35. The smallest absolute Gasteiger partial charge is 0.0725 e. The Kier molecular flexibility index (Phi) is 5.89. The van der Waals surface area contributed by atoms with Gasteiger partial charge < -0.3 is 4.57 Å². The lowest BCUT2D eigenvalue weighted by molar-refractivity contribution is 0.767. The first-order valence-corrected chi connectivity index (χ1v) is 19.0. The van der Waals surface area contributed by atoms with Crippen LogP contribution in [0.5, 0.6) is 0 Å². The molecule has 0 saturated carbocycles. The molecule has 1 unspecified atom stereocenters. The number of rotatable bonds is 2. The molecule has 0 aliphatic heterocycles. The van der Waals surface area contributed by atoms with E-state index in [0.717, 1.165) is 16.6 Å². The highest BCUT2D eigenvalue weighted by Crippen LogP contribution is 2.61. The molecular weight excluding hydrogens is 661 g/mol. The second-order valence-electron chi connectivity index (χ2n) is 14.3. The molecule has 3 aromatic heterocycles. The number of nitrogens with zero attached hydrogens (tertiary/aromatic N) is 2. The Morgan fingerprint density at radius 3 is 2.15 bits per heavy atom. The van der Waals surface area contributed by atoms with Gasteiger partial charge in [-0.15, -0.1) is 11.3 Å². The van der Waals surface area contributed by atoms with Crippen molar-refractivity contribution in [1.29, 1.82) is 0 Å². The third-order valence-corrected chi connectivity index (χ3v) is 12.9. The molecule has 3 heterocycles. The maximum Gasteiger partial charge on any atom is 0.0725 e. The van der Waals surface area contributed by atoms with Gasteiger partial charge in [-0.2, -0.15) is 0 Å². The van der Waals surface area contributed by atoms with Crippen molar-refractivity contribution in [2.45, 2.75) is 5.41 Å². The zero-order valence-electron chi connectivity index (χ0n) is 28.6. The van der Waals surface area contributed by atoms with Crippen LogP contribution in [0.1, 0.15) is 33.4 Å². The van der Waals surface area contributed by atoms with Gasteiger partial charge in [-0.25, -0.2) is 0 Å². The SMILES string of the molecule is C1=Cc2ccc(-c3ccc4c(c3)c3cnccc3n4-c3ccccc3)cc2C2(c3ccccc31)c1ccccc1-c1c2ccc2sc3ccccc3c12. The number of aromatic nitrogens is 2. The van der Waals surface area contributed by atoms with Gasteiger partial charge in [0.2, 0.25) is 0 Å². The molecule has 2 aliphatic rings. The molecule has 1 spiro atoms. The van der Waals surface area contributed by atoms with E-state index in [1.807, 2.05) is 23.7 Å². The van der Waals surface area contributed by atoms with Crippen molar-refractivity contribution in [3.05, 3.63) is 203 Å². The number of hydrogen-bond donors (Lipinski definition) is 0. The van der Waals surface area contributed by atoms with Crippen molar-refractivity contribution < 1.29 is 0 Å². The highest BCUT2D eigenvalue weighted by molar-refractivity contribution is 7.26. The average molecular weight is 691 g/mol. The number of fused-ring (bicyclic) bond motifs is 16. The van der Waals surface area contributed by atoms with E-state index < -0.39 is 5.41 Å². The number of thiophene rings is 1. The lowest BCUT2D eigenvalue weighted by Crippen LogP contribution is -2.30. The summed E-state index contributed by atoms with van der Waals surface area (Å²) >= 11 is 1.90. The largest absolute Gasteiger partial charge is 0.309 e. The molecule has 0 bridgehead atoms. The van der Waals surface area contributed by atoms with Gasteiger partial charge in [-0.3, -0.25) is 4.98 Å². The average Bonchev–Trinajstić information content (AvgIpc) is 3.83. The Morgan fingerprint density at radius 2 is 1.23 bits per heavy atom. The van der Waals surface area contributed by atoms with E-state index in [2.05, 4.69) is 179 Å². The number of pyridine rings is 1. The standard InChI is InChI=1S/C50H30N2S/c1-2-11-35(12-3-1)52-44-24-22-33(28-38(44)39-30-51-27-26-45(39)52)34-21-20-32-19-18-31-10-4-7-15-40(31)50(43(32)29-34)41-16-8-5-13-36(41)48-42(50)23-25-47-49(48)37-14-6-9-17-46(37)53-47/h1-30H. The molecule has 0 saturated heterocycles. The minimum Gasteiger partial charge on any atom is -0.309 e. The molecule has 2 aliphatic carbocycles. The fourth-order valence-electron chi connectivity index (χ4n) is 9.58. The number of benzene rings is 7. The quantitative estimate of drug-likeness (QED) is 0.177. The summed E-state index contributed by atoms with van der Waals surface area (Å²) in [5, 5.41) is 5.06. The Hall–Kier alpha value is -6.55. The maximum atomic E-state index is 4.57. The van der Waals surface area contributed by atoms with E-state index in [1.165, 1.54) is 86.7 Å². The second kappa shape index (κ2) is 10.7. The van der Waals surface area contributed by atoms with Gasteiger partial charge in [0.15, 0.2) is 0 Å². The van der Waals surface area contributed by atoms with E-state index in [1.54, 1.807) is 0 Å². The van der Waals surface area contributed by atoms with Crippen molar-refractivity contribution in [1.82, 2.24) is 9.55 Å². The summed E-state index contributed by atoms with van der Waals surface area (Å²) < 4.78 is 5.02. The predicted octanol–water partition coefficient (Wildman–Crippen LogP) is 13.1. The van der Waals surface area contributed by atoms with Crippen molar-refractivity contribution in [3.8, 4) is 27.9 Å². The Labute approximate surface area is 310 Å². The van der Waals surface area contributed by atoms with Gasteiger partial charge >= 0.3 is 0 Å². The van der Waals surface area contributed by atoms with E-state index in [0.29, 0.717) is 0 Å². The fraction of sp³-hybridized carbons (Fsp3) is 0.0200. The molecule has 0 N–H and O–H groups in total. The van der Waals surface area contributed by atoms with Crippen molar-refractivity contribution in [2.75, 3.05) is 0 Å². The third-order valence-electron chi connectivity index (χ3n) is 11.7. The molecule has 0 radical (unpaired) electrons. The third kappa shape index (κ3) is 3.84. The first-order valence-electron chi connectivity index (χ1n) is 18.2. The van der Waals surface area contributed by atoms with Crippen LogP contribution in [0.4, 0.5) is 0 Å². The predicted molar refractivity (Wildman–Crippen MR) is 223 cm³/mol. The van der Waals surface area contributed by atoms with Crippen molar-refractivity contribution >= 4 is 65.5 Å². The summed E-state index contributed by atoms with van der Waals surface area (Å²) in [6.07, 6.45) is 8.55. The molecule has 0 amide bonds. The fourth-order valence-corrected chi connectivity index (χ4v) is 10.7. The molecule has 246 valence electrons. The Balaban J connectivity index is 1.16. The van der Waals surface area contributed by atoms with Gasteiger partial charge in [0.05, 0.1) is 16.4 Å². The van der Waals surface area contributed by atoms with Gasteiger partial charge in [0, 0.05) is 49.0 Å². The minimum absolute atomic E-state index is 0.508.